The van der Waals surface area contributed by atoms with Crippen LogP contribution in [-0.2, 0) is 9.59 Å². The van der Waals surface area contributed by atoms with E-state index in [-0.39, 0.29) is 17.6 Å². The van der Waals surface area contributed by atoms with Crippen molar-refractivity contribution in [2.45, 2.75) is 12.1 Å². The van der Waals surface area contributed by atoms with E-state index in [1.165, 1.54) is 23.7 Å². The van der Waals surface area contributed by atoms with Gasteiger partial charge in [-0.15, -0.1) is 5.10 Å². The van der Waals surface area contributed by atoms with Gasteiger partial charge < -0.3 is 10.6 Å². The number of halogens is 1. The van der Waals surface area contributed by atoms with Crippen molar-refractivity contribution in [3.8, 4) is 5.69 Å². The molecule has 2 amide bonds. The molecule has 1 heterocycles. The number of aromatic nitrogens is 4. The highest BCUT2D eigenvalue weighted by atomic mass is 32.2. The Labute approximate surface area is 158 Å². The Hall–Kier alpha value is -3.27. The molecule has 3 rings (SSSR count). The number of hydrogen-bond donors (Lipinski definition) is 2. The predicted octanol–water partition coefficient (Wildman–Crippen LogP) is 2.49. The normalized spacial score (nSPS) is 10.4. The van der Waals surface area contributed by atoms with Gasteiger partial charge in [-0.2, -0.15) is 4.68 Å². The van der Waals surface area contributed by atoms with Gasteiger partial charge in [-0.1, -0.05) is 17.8 Å². The molecule has 27 heavy (non-hydrogen) atoms. The number of anilines is 2. The Kier molecular flexibility index (Phi) is 5.77. The van der Waals surface area contributed by atoms with Crippen molar-refractivity contribution in [3.05, 3.63) is 54.3 Å². The summed E-state index contributed by atoms with van der Waals surface area (Å²) in [5, 5.41) is 17.0. The zero-order valence-electron chi connectivity index (χ0n) is 14.2. The fourth-order valence-electron chi connectivity index (χ4n) is 2.21. The van der Waals surface area contributed by atoms with Crippen molar-refractivity contribution in [2.24, 2.45) is 0 Å². The first kappa shape index (κ1) is 18.5. The molecule has 0 aliphatic carbocycles. The maximum absolute atomic E-state index is 13.4. The lowest BCUT2D eigenvalue weighted by Gasteiger charge is -2.07. The monoisotopic (exact) mass is 386 g/mol. The number of tetrazole rings is 1. The second-order valence-electron chi connectivity index (χ2n) is 5.45. The Bertz CT molecular complexity index is 960. The van der Waals surface area contributed by atoms with Gasteiger partial charge in [0.2, 0.25) is 17.0 Å². The van der Waals surface area contributed by atoms with E-state index in [0.717, 1.165) is 11.8 Å². The molecule has 10 heteroatoms. The summed E-state index contributed by atoms with van der Waals surface area (Å²) in [5.74, 6) is -0.747. The Morgan fingerprint density at radius 1 is 1.11 bits per heavy atom. The van der Waals surface area contributed by atoms with E-state index < -0.39 is 5.82 Å². The Morgan fingerprint density at radius 3 is 2.48 bits per heavy atom. The minimum absolute atomic E-state index is 0.0726. The van der Waals surface area contributed by atoms with Crippen LogP contribution in [0.3, 0.4) is 0 Å². The van der Waals surface area contributed by atoms with E-state index in [1.54, 1.807) is 36.4 Å². The van der Waals surface area contributed by atoms with Gasteiger partial charge in [-0.05, 0) is 52.9 Å². The average molecular weight is 386 g/mol. The molecule has 0 bridgehead atoms. The highest BCUT2D eigenvalue weighted by Crippen LogP contribution is 2.19. The lowest BCUT2D eigenvalue weighted by molar-refractivity contribution is -0.114. The lowest BCUT2D eigenvalue weighted by atomic mass is 10.3. The van der Waals surface area contributed by atoms with Crippen LogP contribution in [0.4, 0.5) is 15.8 Å². The van der Waals surface area contributed by atoms with Crippen molar-refractivity contribution in [1.29, 1.82) is 0 Å². The van der Waals surface area contributed by atoms with Crippen molar-refractivity contribution in [1.82, 2.24) is 20.2 Å². The van der Waals surface area contributed by atoms with Crippen LogP contribution >= 0.6 is 11.8 Å². The van der Waals surface area contributed by atoms with Crippen LogP contribution in [0.15, 0.2) is 53.7 Å². The fourth-order valence-corrected chi connectivity index (χ4v) is 2.90. The molecule has 0 radical (unpaired) electrons. The molecule has 8 nitrogen and oxygen atoms in total. The zero-order chi connectivity index (χ0) is 19.2. The van der Waals surface area contributed by atoms with Gasteiger partial charge in [0.1, 0.15) is 5.82 Å². The van der Waals surface area contributed by atoms with Gasteiger partial charge >= 0.3 is 0 Å². The molecule has 138 valence electrons. The highest BCUT2D eigenvalue weighted by Gasteiger charge is 2.12. The number of carbonyl (C=O) groups is 2. The summed E-state index contributed by atoms with van der Waals surface area (Å²) in [7, 11) is 0. The van der Waals surface area contributed by atoms with Crippen LogP contribution in [0.25, 0.3) is 5.69 Å². The second-order valence-corrected chi connectivity index (χ2v) is 6.39. The molecule has 1 aromatic heterocycles. The maximum atomic E-state index is 13.4. The number of carbonyl (C=O) groups excluding carboxylic acids is 2. The highest BCUT2D eigenvalue weighted by molar-refractivity contribution is 7.99. The van der Waals surface area contributed by atoms with Gasteiger partial charge in [0, 0.05) is 18.3 Å². The number of rotatable bonds is 6. The summed E-state index contributed by atoms with van der Waals surface area (Å²) in [6.45, 7) is 1.42. The van der Waals surface area contributed by atoms with Crippen LogP contribution in [0.2, 0.25) is 0 Å². The number of nitrogens with one attached hydrogen (secondary N) is 2. The first-order chi connectivity index (χ1) is 13.0. The number of benzene rings is 2. The Balaban J connectivity index is 1.59. The van der Waals surface area contributed by atoms with E-state index in [9.17, 15) is 14.0 Å². The van der Waals surface area contributed by atoms with Crippen molar-refractivity contribution >= 4 is 35.0 Å². The van der Waals surface area contributed by atoms with Gasteiger partial charge in [-0.3, -0.25) is 9.59 Å². The quantitative estimate of drug-likeness (QED) is 0.631. The SMILES string of the molecule is CC(=O)Nc1ccc(NC(=O)CSc2nnnn2-c2cccc(F)c2)cc1. The molecule has 0 fully saturated rings. The smallest absolute Gasteiger partial charge is 0.234 e. The first-order valence-electron chi connectivity index (χ1n) is 7.86. The number of nitrogens with zero attached hydrogens (tertiary/aromatic N) is 4. The van der Waals surface area contributed by atoms with Gasteiger partial charge in [0.05, 0.1) is 11.4 Å². The van der Waals surface area contributed by atoms with Gasteiger partial charge in [0.25, 0.3) is 0 Å². The molecule has 0 saturated carbocycles. The van der Waals surface area contributed by atoms with Crippen molar-refractivity contribution < 1.29 is 14.0 Å². The van der Waals surface area contributed by atoms with Crippen LogP contribution < -0.4 is 10.6 Å². The summed E-state index contributed by atoms with van der Waals surface area (Å²) in [4.78, 5) is 23.1. The molecule has 0 saturated heterocycles. The Morgan fingerprint density at radius 2 is 1.81 bits per heavy atom. The van der Waals surface area contributed by atoms with Crippen LogP contribution in [0.5, 0.6) is 0 Å². The number of amides is 2. The van der Waals surface area contributed by atoms with Gasteiger partial charge in [0.15, 0.2) is 0 Å². The van der Waals surface area contributed by atoms with E-state index in [4.69, 9.17) is 0 Å². The largest absolute Gasteiger partial charge is 0.326 e. The van der Waals surface area contributed by atoms with E-state index in [1.807, 2.05) is 0 Å². The molecule has 2 aromatic carbocycles. The molecule has 0 spiro atoms. The van der Waals surface area contributed by atoms with Crippen molar-refractivity contribution in [2.75, 3.05) is 16.4 Å². The second kappa shape index (κ2) is 8.41. The molecule has 0 atom stereocenters. The summed E-state index contributed by atoms with van der Waals surface area (Å²) < 4.78 is 14.7. The predicted molar refractivity (Wildman–Crippen MR) is 99.2 cm³/mol. The number of hydrogen-bond acceptors (Lipinski definition) is 6. The molecule has 0 aliphatic rings. The third kappa shape index (κ3) is 5.11. The summed E-state index contributed by atoms with van der Waals surface area (Å²) in [6, 6.07) is 12.6. The van der Waals surface area contributed by atoms with E-state index in [0.29, 0.717) is 22.2 Å². The molecule has 2 N–H and O–H groups in total. The van der Waals surface area contributed by atoms with Gasteiger partial charge in [-0.25, -0.2) is 4.39 Å². The molecule has 0 unspecified atom stereocenters. The van der Waals surface area contributed by atoms with E-state index in [2.05, 4.69) is 26.2 Å². The maximum Gasteiger partial charge on any atom is 0.234 e. The standard InChI is InChI=1S/C17H15FN6O2S/c1-11(25)19-13-5-7-14(8-6-13)20-16(26)10-27-17-21-22-23-24(17)15-4-2-3-12(18)9-15/h2-9H,10H2,1H3,(H,19,25)(H,20,26). The molecule has 0 aliphatic heterocycles. The topological polar surface area (TPSA) is 102 Å². The summed E-state index contributed by atoms with van der Waals surface area (Å²) in [6.07, 6.45) is 0. The number of thioether (sulfide) groups is 1. The molecular formula is C17H15FN6O2S. The van der Waals surface area contributed by atoms with Crippen LogP contribution in [0, 0.1) is 5.82 Å². The fraction of sp³-hybridized carbons (Fsp3) is 0.118. The van der Waals surface area contributed by atoms with Crippen molar-refractivity contribution in [3.63, 3.8) is 0 Å². The zero-order valence-corrected chi connectivity index (χ0v) is 15.0. The average Bonchev–Trinajstić information content (AvgIpc) is 3.10. The first-order valence-corrected chi connectivity index (χ1v) is 8.84. The third-order valence-electron chi connectivity index (χ3n) is 3.32. The minimum Gasteiger partial charge on any atom is -0.326 e. The summed E-state index contributed by atoms with van der Waals surface area (Å²) >= 11 is 1.13. The van der Waals surface area contributed by atoms with E-state index >= 15 is 0 Å². The lowest BCUT2D eigenvalue weighted by Crippen LogP contribution is -2.14. The molecular weight excluding hydrogens is 371 g/mol. The van der Waals surface area contributed by atoms with Crippen LogP contribution in [-0.4, -0.2) is 37.8 Å². The molecule has 3 aromatic rings. The summed E-state index contributed by atoms with van der Waals surface area (Å²) in [5.41, 5.74) is 1.71. The minimum atomic E-state index is -0.403. The van der Waals surface area contributed by atoms with Crippen LogP contribution in [0.1, 0.15) is 6.92 Å². The third-order valence-corrected chi connectivity index (χ3v) is 4.23.